The second-order valence-electron chi connectivity index (χ2n) is 5.15. The molecule has 3 nitrogen and oxygen atoms in total. The lowest BCUT2D eigenvalue weighted by Crippen LogP contribution is -2.10. The van der Waals surface area contributed by atoms with Gasteiger partial charge in [-0.3, -0.25) is 0 Å². The van der Waals surface area contributed by atoms with E-state index in [2.05, 4.69) is 31.2 Å². The average molecular weight is 285 g/mol. The Morgan fingerprint density at radius 3 is 2.52 bits per heavy atom. The first-order valence-corrected chi connectivity index (χ1v) is 7.18. The number of ether oxygens (including phenoxy) is 2. The molecule has 21 heavy (non-hydrogen) atoms. The SMILES string of the molecule is COc1cccc(C(CCN)c2cc(C)ccc2OC)c1. The van der Waals surface area contributed by atoms with Gasteiger partial charge in [0.2, 0.25) is 0 Å². The quantitative estimate of drug-likeness (QED) is 0.883. The standard InChI is InChI=1S/C18H23NO2/c1-13-7-8-18(21-3)17(11-13)16(9-10-19)14-5-4-6-15(12-14)20-2/h4-8,11-12,16H,9-10,19H2,1-3H3. The second kappa shape index (κ2) is 7.14. The molecule has 0 saturated heterocycles. The van der Waals surface area contributed by atoms with Crippen LogP contribution in [0.5, 0.6) is 11.5 Å². The Bertz CT molecular complexity index is 596. The molecule has 2 rings (SSSR count). The lowest BCUT2D eigenvalue weighted by Gasteiger charge is -2.21. The first-order chi connectivity index (χ1) is 10.2. The van der Waals surface area contributed by atoms with E-state index < -0.39 is 0 Å². The van der Waals surface area contributed by atoms with Gasteiger partial charge in [0, 0.05) is 11.5 Å². The van der Waals surface area contributed by atoms with E-state index in [0.29, 0.717) is 6.54 Å². The fourth-order valence-electron chi connectivity index (χ4n) is 2.65. The highest BCUT2D eigenvalue weighted by molar-refractivity contribution is 5.45. The Hall–Kier alpha value is -2.00. The van der Waals surface area contributed by atoms with Crippen LogP contribution in [0, 0.1) is 6.92 Å². The predicted molar refractivity (Wildman–Crippen MR) is 86.2 cm³/mol. The van der Waals surface area contributed by atoms with Crippen LogP contribution < -0.4 is 15.2 Å². The van der Waals surface area contributed by atoms with Gasteiger partial charge in [-0.05, 0) is 43.7 Å². The smallest absolute Gasteiger partial charge is 0.122 e. The average Bonchev–Trinajstić information content (AvgIpc) is 2.52. The van der Waals surface area contributed by atoms with Crippen molar-refractivity contribution in [3.05, 3.63) is 59.2 Å². The lowest BCUT2D eigenvalue weighted by molar-refractivity contribution is 0.405. The Labute approximate surface area is 126 Å². The van der Waals surface area contributed by atoms with Crippen LogP contribution in [-0.2, 0) is 0 Å². The molecular weight excluding hydrogens is 262 g/mol. The molecule has 1 atom stereocenters. The Balaban J connectivity index is 2.49. The molecule has 112 valence electrons. The molecule has 3 heteroatoms. The first-order valence-electron chi connectivity index (χ1n) is 7.18. The van der Waals surface area contributed by atoms with Crippen molar-refractivity contribution < 1.29 is 9.47 Å². The van der Waals surface area contributed by atoms with Crippen LogP contribution in [-0.4, -0.2) is 20.8 Å². The Kier molecular flexibility index (Phi) is 5.23. The number of hydrogen-bond acceptors (Lipinski definition) is 3. The van der Waals surface area contributed by atoms with Gasteiger partial charge in [0.25, 0.3) is 0 Å². The minimum Gasteiger partial charge on any atom is -0.497 e. The topological polar surface area (TPSA) is 44.5 Å². The zero-order chi connectivity index (χ0) is 15.2. The number of nitrogens with two attached hydrogens (primary N) is 1. The van der Waals surface area contributed by atoms with E-state index in [1.54, 1.807) is 14.2 Å². The molecule has 2 aromatic rings. The van der Waals surface area contributed by atoms with Crippen LogP contribution >= 0.6 is 0 Å². The van der Waals surface area contributed by atoms with Crippen LogP contribution in [0.15, 0.2) is 42.5 Å². The van der Waals surface area contributed by atoms with Crippen molar-refractivity contribution >= 4 is 0 Å². The van der Waals surface area contributed by atoms with Gasteiger partial charge in [-0.15, -0.1) is 0 Å². The number of methoxy groups -OCH3 is 2. The molecule has 0 fully saturated rings. The fourth-order valence-corrected chi connectivity index (χ4v) is 2.65. The minimum absolute atomic E-state index is 0.208. The molecule has 0 spiro atoms. The molecule has 2 aromatic carbocycles. The lowest BCUT2D eigenvalue weighted by atomic mass is 9.87. The fraction of sp³-hybridized carbons (Fsp3) is 0.333. The van der Waals surface area contributed by atoms with Gasteiger partial charge < -0.3 is 15.2 Å². The van der Waals surface area contributed by atoms with Crippen LogP contribution in [0.3, 0.4) is 0 Å². The van der Waals surface area contributed by atoms with E-state index >= 15 is 0 Å². The van der Waals surface area contributed by atoms with E-state index in [1.807, 2.05) is 18.2 Å². The Morgan fingerprint density at radius 2 is 1.86 bits per heavy atom. The van der Waals surface area contributed by atoms with Gasteiger partial charge in [0.15, 0.2) is 0 Å². The van der Waals surface area contributed by atoms with E-state index in [9.17, 15) is 0 Å². The number of hydrogen-bond donors (Lipinski definition) is 1. The number of aryl methyl sites for hydroxylation is 1. The zero-order valence-corrected chi connectivity index (χ0v) is 12.9. The third-order valence-corrected chi connectivity index (χ3v) is 3.71. The maximum Gasteiger partial charge on any atom is 0.122 e. The minimum atomic E-state index is 0.208. The van der Waals surface area contributed by atoms with Crippen molar-refractivity contribution in [1.82, 2.24) is 0 Å². The van der Waals surface area contributed by atoms with E-state index in [0.717, 1.165) is 17.9 Å². The maximum absolute atomic E-state index is 5.83. The van der Waals surface area contributed by atoms with Crippen LogP contribution in [0.25, 0.3) is 0 Å². The summed E-state index contributed by atoms with van der Waals surface area (Å²) in [7, 11) is 3.39. The van der Waals surface area contributed by atoms with Gasteiger partial charge in [-0.1, -0.05) is 29.8 Å². The summed E-state index contributed by atoms with van der Waals surface area (Å²) in [6, 6.07) is 14.4. The van der Waals surface area contributed by atoms with Crippen LogP contribution in [0.4, 0.5) is 0 Å². The summed E-state index contributed by atoms with van der Waals surface area (Å²) in [5.74, 6) is 1.97. The van der Waals surface area contributed by atoms with Crippen molar-refractivity contribution in [2.24, 2.45) is 5.73 Å². The van der Waals surface area contributed by atoms with Gasteiger partial charge in [-0.2, -0.15) is 0 Å². The summed E-state index contributed by atoms with van der Waals surface area (Å²) >= 11 is 0. The third-order valence-electron chi connectivity index (χ3n) is 3.71. The summed E-state index contributed by atoms with van der Waals surface area (Å²) in [6.45, 7) is 2.72. The van der Waals surface area contributed by atoms with E-state index in [4.69, 9.17) is 15.2 Å². The summed E-state index contributed by atoms with van der Waals surface area (Å²) < 4.78 is 10.9. The van der Waals surface area contributed by atoms with Crippen molar-refractivity contribution in [2.45, 2.75) is 19.3 Å². The van der Waals surface area contributed by atoms with Crippen molar-refractivity contribution in [3.63, 3.8) is 0 Å². The van der Waals surface area contributed by atoms with Crippen molar-refractivity contribution in [2.75, 3.05) is 20.8 Å². The van der Waals surface area contributed by atoms with Gasteiger partial charge in [0.05, 0.1) is 14.2 Å². The highest BCUT2D eigenvalue weighted by Gasteiger charge is 2.18. The Morgan fingerprint density at radius 1 is 1.05 bits per heavy atom. The maximum atomic E-state index is 5.83. The highest BCUT2D eigenvalue weighted by Crippen LogP contribution is 2.35. The molecule has 2 N–H and O–H groups in total. The summed E-state index contributed by atoms with van der Waals surface area (Å²) in [5, 5.41) is 0. The third kappa shape index (κ3) is 3.56. The van der Waals surface area contributed by atoms with Crippen LogP contribution in [0.2, 0.25) is 0 Å². The molecule has 0 aliphatic carbocycles. The second-order valence-corrected chi connectivity index (χ2v) is 5.15. The number of benzene rings is 2. The molecule has 0 aliphatic rings. The van der Waals surface area contributed by atoms with Gasteiger partial charge >= 0.3 is 0 Å². The molecular formula is C18H23NO2. The largest absolute Gasteiger partial charge is 0.497 e. The van der Waals surface area contributed by atoms with Crippen molar-refractivity contribution in [3.8, 4) is 11.5 Å². The zero-order valence-electron chi connectivity index (χ0n) is 12.9. The van der Waals surface area contributed by atoms with E-state index in [-0.39, 0.29) is 5.92 Å². The highest BCUT2D eigenvalue weighted by atomic mass is 16.5. The predicted octanol–water partition coefficient (Wildman–Crippen LogP) is 3.49. The summed E-state index contributed by atoms with van der Waals surface area (Å²) in [5.41, 5.74) is 9.43. The molecule has 0 radical (unpaired) electrons. The summed E-state index contributed by atoms with van der Waals surface area (Å²) in [6.07, 6.45) is 0.868. The van der Waals surface area contributed by atoms with Gasteiger partial charge in [-0.25, -0.2) is 0 Å². The van der Waals surface area contributed by atoms with Crippen LogP contribution in [0.1, 0.15) is 29.0 Å². The first kappa shape index (κ1) is 15.4. The van der Waals surface area contributed by atoms with Gasteiger partial charge in [0.1, 0.15) is 11.5 Å². The molecule has 0 bridgehead atoms. The molecule has 0 aromatic heterocycles. The molecule has 0 heterocycles. The van der Waals surface area contributed by atoms with Crippen molar-refractivity contribution in [1.29, 1.82) is 0 Å². The monoisotopic (exact) mass is 285 g/mol. The molecule has 0 saturated carbocycles. The van der Waals surface area contributed by atoms with E-state index in [1.165, 1.54) is 16.7 Å². The molecule has 0 aliphatic heterocycles. The normalized spacial score (nSPS) is 12.0. The molecule has 0 amide bonds. The molecule has 1 unspecified atom stereocenters. The number of rotatable bonds is 6. The summed E-state index contributed by atoms with van der Waals surface area (Å²) in [4.78, 5) is 0.